The highest BCUT2D eigenvalue weighted by Crippen LogP contribution is 2.35. The van der Waals surface area contributed by atoms with Gasteiger partial charge in [-0.15, -0.1) is 10.2 Å². The molecule has 7 nitrogen and oxygen atoms in total. The highest BCUT2D eigenvalue weighted by atomic mass is 16.6. The number of likely N-dealkylation sites (tertiary alicyclic amines) is 1. The molecule has 0 N–H and O–H groups in total. The summed E-state index contributed by atoms with van der Waals surface area (Å²) in [5.74, 6) is 2.58. The molecule has 2 aromatic rings. The quantitative estimate of drug-likeness (QED) is 0.838. The summed E-state index contributed by atoms with van der Waals surface area (Å²) in [6.45, 7) is 2.42. The van der Waals surface area contributed by atoms with Crippen LogP contribution in [-0.2, 0) is 7.05 Å². The van der Waals surface area contributed by atoms with Crippen molar-refractivity contribution in [3.05, 3.63) is 35.9 Å². The molecular formula is C17H20N4O3. The summed E-state index contributed by atoms with van der Waals surface area (Å²) < 4.78 is 13.2. The van der Waals surface area contributed by atoms with Crippen molar-refractivity contribution in [1.82, 2.24) is 19.7 Å². The van der Waals surface area contributed by atoms with E-state index in [0.29, 0.717) is 49.3 Å². The van der Waals surface area contributed by atoms with E-state index in [2.05, 4.69) is 10.2 Å². The number of hydrogen-bond acceptors (Lipinski definition) is 5. The van der Waals surface area contributed by atoms with E-state index < -0.39 is 0 Å². The van der Waals surface area contributed by atoms with Crippen molar-refractivity contribution >= 4 is 5.91 Å². The molecule has 0 bridgehead atoms. The Morgan fingerprint density at radius 2 is 2.00 bits per heavy atom. The summed E-state index contributed by atoms with van der Waals surface area (Å²) in [5.41, 5.74) is 0.587. The lowest BCUT2D eigenvalue weighted by molar-refractivity contribution is 0.0700. The molecule has 2 aliphatic heterocycles. The second-order valence-electron chi connectivity index (χ2n) is 6.20. The molecule has 126 valence electrons. The third-order valence-corrected chi connectivity index (χ3v) is 4.69. The Bertz CT molecular complexity index is 750. The van der Waals surface area contributed by atoms with Gasteiger partial charge in [-0.2, -0.15) is 0 Å². The topological polar surface area (TPSA) is 69.5 Å². The molecule has 2 aliphatic rings. The van der Waals surface area contributed by atoms with Crippen LogP contribution in [0.15, 0.2) is 24.5 Å². The molecule has 4 rings (SSSR count). The molecular weight excluding hydrogens is 308 g/mol. The van der Waals surface area contributed by atoms with Gasteiger partial charge in [-0.3, -0.25) is 4.79 Å². The first-order chi connectivity index (χ1) is 11.7. The van der Waals surface area contributed by atoms with Crippen molar-refractivity contribution in [3.8, 4) is 11.5 Å². The molecule has 7 heteroatoms. The van der Waals surface area contributed by atoms with E-state index >= 15 is 0 Å². The van der Waals surface area contributed by atoms with Gasteiger partial charge in [0, 0.05) is 26.1 Å². The van der Waals surface area contributed by atoms with E-state index in [1.807, 2.05) is 34.7 Å². The highest BCUT2D eigenvalue weighted by Gasteiger charge is 2.29. The van der Waals surface area contributed by atoms with E-state index in [9.17, 15) is 4.79 Å². The maximum atomic E-state index is 12.9. The van der Waals surface area contributed by atoms with Gasteiger partial charge in [0.25, 0.3) is 5.91 Å². The SMILES string of the molecule is Cn1cnnc1C1CCN(C(=O)c2cccc3c2OCCO3)CC1. The molecule has 0 saturated carbocycles. The van der Waals surface area contributed by atoms with Gasteiger partial charge in [0.05, 0.1) is 5.56 Å². The van der Waals surface area contributed by atoms with Crippen LogP contribution in [0.3, 0.4) is 0 Å². The zero-order valence-corrected chi connectivity index (χ0v) is 13.6. The Balaban J connectivity index is 1.48. The first-order valence-electron chi connectivity index (χ1n) is 8.26. The average molecular weight is 328 g/mol. The zero-order chi connectivity index (χ0) is 16.5. The van der Waals surface area contributed by atoms with Gasteiger partial charge in [-0.05, 0) is 25.0 Å². The third-order valence-electron chi connectivity index (χ3n) is 4.69. The molecule has 1 amide bonds. The van der Waals surface area contributed by atoms with Gasteiger partial charge in [0.2, 0.25) is 0 Å². The Kier molecular flexibility index (Phi) is 3.84. The number of fused-ring (bicyclic) bond motifs is 1. The summed E-state index contributed by atoms with van der Waals surface area (Å²) in [4.78, 5) is 14.8. The van der Waals surface area contributed by atoms with Crippen molar-refractivity contribution in [2.75, 3.05) is 26.3 Å². The van der Waals surface area contributed by atoms with Crippen molar-refractivity contribution < 1.29 is 14.3 Å². The van der Waals surface area contributed by atoms with Gasteiger partial charge in [0.15, 0.2) is 11.5 Å². The van der Waals surface area contributed by atoms with Crippen molar-refractivity contribution in [2.45, 2.75) is 18.8 Å². The number of aryl methyl sites for hydroxylation is 1. The molecule has 24 heavy (non-hydrogen) atoms. The predicted molar refractivity (Wildman–Crippen MR) is 86.3 cm³/mol. The molecule has 0 unspecified atom stereocenters. The number of rotatable bonds is 2. The largest absolute Gasteiger partial charge is 0.486 e. The second-order valence-corrected chi connectivity index (χ2v) is 6.20. The van der Waals surface area contributed by atoms with Gasteiger partial charge in [-0.25, -0.2) is 0 Å². The van der Waals surface area contributed by atoms with Crippen molar-refractivity contribution in [2.24, 2.45) is 7.05 Å². The third kappa shape index (κ3) is 2.60. The average Bonchev–Trinajstić information content (AvgIpc) is 3.07. The Hall–Kier alpha value is -2.57. The molecule has 0 spiro atoms. The number of hydrogen-bond donors (Lipinski definition) is 0. The standard InChI is InChI=1S/C17H20N4O3/c1-20-11-18-19-16(20)12-5-7-21(8-6-12)17(22)13-3-2-4-14-15(13)24-10-9-23-14/h2-4,11-12H,5-10H2,1H3. The molecule has 0 atom stereocenters. The van der Waals surface area contributed by atoms with E-state index in [1.165, 1.54) is 0 Å². The van der Waals surface area contributed by atoms with Gasteiger partial charge < -0.3 is 18.9 Å². The minimum atomic E-state index is 0.00812. The first-order valence-corrected chi connectivity index (χ1v) is 8.26. The lowest BCUT2D eigenvalue weighted by Crippen LogP contribution is -2.38. The normalized spacial score (nSPS) is 17.8. The molecule has 0 radical (unpaired) electrons. The maximum Gasteiger partial charge on any atom is 0.257 e. The van der Waals surface area contributed by atoms with Crippen LogP contribution in [0.2, 0.25) is 0 Å². The number of para-hydroxylation sites is 1. The summed E-state index contributed by atoms with van der Waals surface area (Å²) in [7, 11) is 1.96. The Morgan fingerprint density at radius 1 is 1.21 bits per heavy atom. The number of benzene rings is 1. The Morgan fingerprint density at radius 3 is 2.75 bits per heavy atom. The van der Waals surface area contributed by atoms with Crippen LogP contribution in [0.5, 0.6) is 11.5 Å². The van der Waals surface area contributed by atoms with E-state index in [1.54, 1.807) is 6.33 Å². The summed E-state index contributed by atoms with van der Waals surface area (Å²) >= 11 is 0. The number of piperidine rings is 1. The van der Waals surface area contributed by atoms with E-state index in [-0.39, 0.29) is 5.91 Å². The highest BCUT2D eigenvalue weighted by molar-refractivity contribution is 5.98. The van der Waals surface area contributed by atoms with E-state index in [4.69, 9.17) is 9.47 Å². The number of carbonyl (C=O) groups is 1. The number of ether oxygens (including phenoxy) is 2. The first kappa shape index (κ1) is 15.0. The summed E-state index contributed by atoms with van der Waals surface area (Å²) in [5, 5.41) is 8.15. The van der Waals surface area contributed by atoms with Gasteiger partial charge >= 0.3 is 0 Å². The van der Waals surface area contributed by atoms with Crippen LogP contribution in [0.25, 0.3) is 0 Å². The van der Waals surface area contributed by atoms with Crippen molar-refractivity contribution in [3.63, 3.8) is 0 Å². The minimum absolute atomic E-state index is 0.00812. The van der Waals surface area contributed by atoms with E-state index in [0.717, 1.165) is 18.7 Å². The number of amides is 1. The van der Waals surface area contributed by atoms with Gasteiger partial charge in [-0.1, -0.05) is 6.07 Å². The number of aromatic nitrogens is 3. The Labute approximate surface area is 140 Å². The lowest BCUT2D eigenvalue weighted by atomic mass is 9.95. The zero-order valence-electron chi connectivity index (χ0n) is 13.6. The monoisotopic (exact) mass is 328 g/mol. The van der Waals surface area contributed by atoms with Crippen LogP contribution >= 0.6 is 0 Å². The van der Waals surface area contributed by atoms with Crippen molar-refractivity contribution in [1.29, 1.82) is 0 Å². The van der Waals surface area contributed by atoms with Gasteiger partial charge in [0.1, 0.15) is 25.4 Å². The fourth-order valence-corrected chi connectivity index (χ4v) is 3.42. The minimum Gasteiger partial charge on any atom is -0.486 e. The fourth-order valence-electron chi connectivity index (χ4n) is 3.42. The lowest BCUT2D eigenvalue weighted by Gasteiger charge is -2.32. The van der Waals surface area contributed by atoms with Crippen LogP contribution in [0.4, 0.5) is 0 Å². The summed E-state index contributed by atoms with van der Waals surface area (Å²) in [6.07, 6.45) is 3.51. The maximum absolute atomic E-state index is 12.9. The smallest absolute Gasteiger partial charge is 0.257 e. The van der Waals surface area contributed by atoms with Crippen LogP contribution in [0.1, 0.15) is 34.9 Å². The molecule has 1 fully saturated rings. The second kappa shape index (κ2) is 6.14. The molecule has 1 saturated heterocycles. The predicted octanol–water partition coefficient (Wildman–Crippen LogP) is 1.61. The molecule has 1 aromatic heterocycles. The number of carbonyl (C=O) groups excluding carboxylic acids is 1. The molecule has 1 aromatic carbocycles. The molecule has 3 heterocycles. The number of nitrogens with zero attached hydrogens (tertiary/aromatic N) is 4. The van der Waals surface area contributed by atoms with Crippen LogP contribution in [-0.4, -0.2) is 51.9 Å². The fraction of sp³-hybridized carbons (Fsp3) is 0.471. The van der Waals surface area contributed by atoms with Crippen LogP contribution in [0, 0.1) is 0 Å². The molecule has 0 aliphatic carbocycles. The van der Waals surface area contributed by atoms with Crippen LogP contribution < -0.4 is 9.47 Å². The summed E-state index contributed by atoms with van der Waals surface area (Å²) in [6, 6.07) is 5.49.